The van der Waals surface area contributed by atoms with E-state index >= 15 is 0 Å². The van der Waals surface area contributed by atoms with E-state index in [1.165, 1.54) is 12.1 Å². The average molecular weight is 379 g/mol. The van der Waals surface area contributed by atoms with Crippen LogP contribution in [0.15, 0.2) is 36.1 Å². The normalized spacial score (nSPS) is 22.3. The van der Waals surface area contributed by atoms with Crippen molar-refractivity contribution < 1.29 is 23.8 Å². The Labute approximate surface area is 160 Å². The molecule has 1 aromatic rings. The van der Waals surface area contributed by atoms with E-state index in [0.717, 1.165) is 12.0 Å². The Kier molecular flexibility index (Phi) is 8.25. The van der Waals surface area contributed by atoms with Crippen molar-refractivity contribution in [3.63, 3.8) is 0 Å². The lowest BCUT2D eigenvalue weighted by Crippen LogP contribution is -2.41. The van der Waals surface area contributed by atoms with E-state index in [-0.39, 0.29) is 35.9 Å². The second-order valence-corrected chi connectivity index (χ2v) is 7.13. The van der Waals surface area contributed by atoms with Gasteiger partial charge in [-0.2, -0.15) is 0 Å². The minimum absolute atomic E-state index is 0.0887. The first-order valence-electron chi connectivity index (χ1n) is 9.59. The number of rotatable bonds is 9. The maximum absolute atomic E-state index is 13.0. The van der Waals surface area contributed by atoms with Crippen LogP contribution in [-0.4, -0.2) is 30.5 Å². The maximum atomic E-state index is 13.0. The first kappa shape index (κ1) is 21.4. The number of halogens is 1. The molecule has 1 aromatic carbocycles. The van der Waals surface area contributed by atoms with Gasteiger partial charge < -0.3 is 19.9 Å². The molecule has 0 spiro atoms. The van der Waals surface area contributed by atoms with Crippen molar-refractivity contribution >= 4 is 5.91 Å². The molecule has 0 radical (unpaired) electrons. The van der Waals surface area contributed by atoms with Crippen LogP contribution in [-0.2, 0) is 20.8 Å². The lowest BCUT2D eigenvalue weighted by Gasteiger charge is -2.38. The highest BCUT2D eigenvalue weighted by Gasteiger charge is 2.38. The third kappa shape index (κ3) is 6.04. The summed E-state index contributed by atoms with van der Waals surface area (Å²) in [5.41, 5.74) is 0.809. The molecule has 0 fully saturated rings. The first-order valence-corrected chi connectivity index (χ1v) is 9.59. The zero-order valence-corrected chi connectivity index (χ0v) is 16.3. The Morgan fingerprint density at radius 3 is 2.63 bits per heavy atom. The van der Waals surface area contributed by atoms with Gasteiger partial charge in [0.2, 0.25) is 6.29 Å². The lowest BCUT2D eigenvalue weighted by molar-refractivity contribution is -0.175. The minimum atomic E-state index is -0.509. The van der Waals surface area contributed by atoms with Gasteiger partial charge in [0.25, 0.3) is 5.91 Å². The van der Waals surface area contributed by atoms with Crippen molar-refractivity contribution in [2.75, 3.05) is 13.2 Å². The molecule has 0 saturated carbocycles. The molecule has 1 heterocycles. The molecule has 3 unspecified atom stereocenters. The smallest absolute Gasteiger partial charge is 0.286 e. The number of allylic oxidation sites excluding steroid dienone is 1. The van der Waals surface area contributed by atoms with Crippen LogP contribution in [0.4, 0.5) is 4.39 Å². The molecule has 1 amide bonds. The average Bonchev–Trinajstić information content (AvgIpc) is 2.65. The maximum Gasteiger partial charge on any atom is 0.286 e. The largest absolute Gasteiger partial charge is 0.459 e. The summed E-state index contributed by atoms with van der Waals surface area (Å²) < 4.78 is 24.6. The van der Waals surface area contributed by atoms with E-state index < -0.39 is 6.29 Å². The van der Waals surface area contributed by atoms with Gasteiger partial charge in [-0.25, -0.2) is 4.39 Å². The SMILES string of the molecule is CCOC1OC(C(=O)NCc2ccc(F)cc2)=CC(C(C)C)C1CCCO. The Morgan fingerprint density at radius 1 is 1.33 bits per heavy atom. The van der Waals surface area contributed by atoms with Crippen molar-refractivity contribution in [3.8, 4) is 0 Å². The number of ether oxygens (including phenoxy) is 2. The predicted octanol–water partition coefficient (Wildman–Crippen LogP) is 3.38. The number of amides is 1. The second kappa shape index (κ2) is 10.4. The van der Waals surface area contributed by atoms with Crippen molar-refractivity contribution in [2.24, 2.45) is 17.8 Å². The van der Waals surface area contributed by atoms with Crippen LogP contribution in [0.5, 0.6) is 0 Å². The van der Waals surface area contributed by atoms with Crippen LogP contribution in [0, 0.1) is 23.6 Å². The predicted molar refractivity (Wildman–Crippen MR) is 101 cm³/mol. The van der Waals surface area contributed by atoms with Crippen LogP contribution in [0.3, 0.4) is 0 Å². The Hall–Kier alpha value is -1.92. The lowest BCUT2D eigenvalue weighted by atomic mass is 9.78. The van der Waals surface area contributed by atoms with Gasteiger partial charge in [0.1, 0.15) is 5.82 Å². The number of aliphatic hydroxyl groups excluding tert-OH is 1. The van der Waals surface area contributed by atoms with Crippen LogP contribution >= 0.6 is 0 Å². The number of aliphatic hydroxyl groups is 1. The molecule has 3 atom stereocenters. The van der Waals surface area contributed by atoms with Crippen molar-refractivity contribution in [2.45, 2.75) is 46.4 Å². The third-order valence-electron chi connectivity index (χ3n) is 4.82. The number of carbonyl (C=O) groups is 1. The standard InChI is InChI=1S/C21H30FNO4/c1-4-26-21-17(6-5-11-24)18(14(2)3)12-19(27-21)20(25)23-13-15-7-9-16(22)10-8-15/h7-10,12,14,17-18,21,24H,4-6,11,13H2,1-3H3,(H,23,25). The van der Waals surface area contributed by atoms with Crippen LogP contribution in [0.1, 0.15) is 39.2 Å². The topological polar surface area (TPSA) is 67.8 Å². The van der Waals surface area contributed by atoms with Gasteiger partial charge in [0.05, 0.1) is 0 Å². The van der Waals surface area contributed by atoms with Gasteiger partial charge in [-0.05, 0) is 55.4 Å². The molecule has 150 valence electrons. The van der Waals surface area contributed by atoms with E-state index in [0.29, 0.717) is 25.5 Å². The minimum Gasteiger partial charge on any atom is -0.459 e. The van der Waals surface area contributed by atoms with E-state index in [1.54, 1.807) is 12.1 Å². The van der Waals surface area contributed by atoms with Crippen LogP contribution in [0.25, 0.3) is 0 Å². The second-order valence-electron chi connectivity index (χ2n) is 7.13. The summed E-state index contributed by atoms with van der Waals surface area (Å²) >= 11 is 0. The van der Waals surface area contributed by atoms with Crippen molar-refractivity contribution in [1.82, 2.24) is 5.32 Å². The number of nitrogens with one attached hydrogen (secondary N) is 1. The Morgan fingerprint density at radius 2 is 2.04 bits per heavy atom. The summed E-state index contributed by atoms with van der Waals surface area (Å²) in [4.78, 5) is 12.6. The molecule has 0 bridgehead atoms. The zero-order chi connectivity index (χ0) is 19.8. The molecule has 1 aliphatic rings. The fourth-order valence-electron chi connectivity index (χ4n) is 3.40. The zero-order valence-electron chi connectivity index (χ0n) is 16.3. The fourth-order valence-corrected chi connectivity index (χ4v) is 3.40. The molecule has 0 saturated heterocycles. The number of hydrogen-bond acceptors (Lipinski definition) is 4. The highest BCUT2D eigenvalue weighted by Crippen LogP contribution is 2.37. The molecule has 1 aliphatic heterocycles. The Bertz CT molecular complexity index is 630. The molecule has 0 aliphatic carbocycles. The molecular formula is C21H30FNO4. The Balaban J connectivity index is 2.10. The summed E-state index contributed by atoms with van der Waals surface area (Å²) in [5.74, 6) is 0.154. The summed E-state index contributed by atoms with van der Waals surface area (Å²) in [5, 5.41) is 12.0. The van der Waals surface area contributed by atoms with E-state index in [9.17, 15) is 14.3 Å². The molecular weight excluding hydrogens is 349 g/mol. The quantitative estimate of drug-likeness (QED) is 0.690. The molecule has 2 N–H and O–H groups in total. The van der Waals surface area contributed by atoms with Gasteiger partial charge in [0.15, 0.2) is 5.76 Å². The summed E-state index contributed by atoms with van der Waals surface area (Å²) in [6, 6.07) is 6.00. The fraction of sp³-hybridized carbons (Fsp3) is 0.571. The summed E-state index contributed by atoms with van der Waals surface area (Å²) in [7, 11) is 0. The number of hydrogen-bond donors (Lipinski definition) is 2. The summed E-state index contributed by atoms with van der Waals surface area (Å²) in [6.07, 6.45) is 2.80. The van der Waals surface area contributed by atoms with Crippen molar-refractivity contribution in [3.05, 3.63) is 47.5 Å². The van der Waals surface area contributed by atoms with Gasteiger partial charge in [-0.15, -0.1) is 0 Å². The third-order valence-corrected chi connectivity index (χ3v) is 4.82. The van der Waals surface area contributed by atoms with Gasteiger partial charge >= 0.3 is 0 Å². The number of benzene rings is 1. The van der Waals surface area contributed by atoms with E-state index in [2.05, 4.69) is 19.2 Å². The highest BCUT2D eigenvalue weighted by atomic mass is 19.1. The van der Waals surface area contributed by atoms with Crippen molar-refractivity contribution in [1.29, 1.82) is 0 Å². The molecule has 2 rings (SSSR count). The monoisotopic (exact) mass is 379 g/mol. The highest BCUT2D eigenvalue weighted by molar-refractivity contribution is 5.91. The van der Waals surface area contributed by atoms with Gasteiger partial charge in [-0.1, -0.05) is 26.0 Å². The summed E-state index contributed by atoms with van der Waals surface area (Å²) in [6.45, 7) is 7.00. The molecule has 5 nitrogen and oxygen atoms in total. The molecule has 27 heavy (non-hydrogen) atoms. The van der Waals surface area contributed by atoms with E-state index in [4.69, 9.17) is 9.47 Å². The van der Waals surface area contributed by atoms with Crippen LogP contribution in [0.2, 0.25) is 0 Å². The first-order chi connectivity index (χ1) is 13.0. The van der Waals surface area contributed by atoms with Gasteiger partial charge in [0, 0.05) is 25.7 Å². The van der Waals surface area contributed by atoms with Crippen LogP contribution < -0.4 is 5.32 Å². The molecule has 0 aromatic heterocycles. The molecule has 6 heteroatoms. The number of carbonyl (C=O) groups excluding carboxylic acids is 1. The van der Waals surface area contributed by atoms with Gasteiger partial charge in [-0.3, -0.25) is 4.79 Å². The van der Waals surface area contributed by atoms with E-state index in [1.807, 2.05) is 13.0 Å².